The largest absolute Gasteiger partial charge is 0.192 e. The average Bonchev–Trinajstić information content (AvgIpc) is 2.77. The first-order chi connectivity index (χ1) is 10.6. The molecule has 0 N–H and O–H groups in total. The first-order valence-corrected chi connectivity index (χ1v) is 10.1. The van der Waals surface area contributed by atoms with Crippen molar-refractivity contribution in [3.05, 3.63) is 71.8 Å². The van der Waals surface area contributed by atoms with Crippen LogP contribution in [0.4, 0.5) is 0 Å². The van der Waals surface area contributed by atoms with Crippen LogP contribution in [0.25, 0.3) is 22.3 Å². The first kappa shape index (κ1) is 13.9. The van der Waals surface area contributed by atoms with E-state index in [2.05, 4.69) is 67.1 Å². The minimum Gasteiger partial charge on any atom is -0.192 e. The molecule has 0 radical (unpaired) electrons. The van der Waals surface area contributed by atoms with Gasteiger partial charge in [-0.2, -0.15) is 10.0 Å². The van der Waals surface area contributed by atoms with Crippen LogP contribution in [0.2, 0.25) is 5.02 Å². The third-order valence-electron chi connectivity index (χ3n) is 4.43. The maximum atomic E-state index is 6.00. The topological polar surface area (TPSA) is 0 Å². The van der Waals surface area contributed by atoms with Gasteiger partial charge in [-0.1, -0.05) is 48.0 Å². The van der Waals surface area contributed by atoms with E-state index in [1.165, 1.54) is 32.0 Å². The third kappa shape index (κ3) is 2.00. The Morgan fingerprint density at radius 3 is 2.09 bits per heavy atom. The van der Waals surface area contributed by atoms with Crippen LogP contribution in [0.15, 0.2) is 76.5 Å². The molecule has 1 aliphatic rings. The van der Waals surface area contributed by atoms with E-state index in [0.717, 1.165) is 5.02 Å². The standard InChI is InChI=1S/C20H17ClS/c1-22(2)19-6-4-3-5-17(19)18-13-15(9-12-20(18)22)14-7-10-16(21)11-8-14/h3-13H,1-2H3. The van der Waals surface area contributed by atoms with Crippen LogP contribution in [0.3, 0.4) is 0 Å². The van der Waals surface area contributed by atoms with Gasteiger partial charge in [-0.05, 0) is 65.1 Å². The fourth-order valence-corrected chi connectivity index (χ4v) is 5.90. The molecule has 0 spiro atoms. The Labute approximate surface area is 138 Å². The van der Waals surface area contributed by atoms with Crippen molar-refractivity contribution in [1.29, 1.82) is 0 Å². The lowest BCUT2D eigenvalue weighted by molar-refractivity contribution is 1.44. The van der Waals surface area contributed by atoms with E-state index >= 15 is 0 Å². The summed E-state index contributed by atoms with van der Waals surface area (Å²) >= 11 is 6.00. The van der Waals surface area contributed by atoms with E-state index in [1.54, 1.807) is 0 Å². The predicted molar refractivity (Wildman–Crippen MR) is 98.3 cm³/mol. The van der Waals surface area contributed by atoms with Crippen molar-refractivity contribution in [3.63, 3.8) is 0 Å². The average molecular weight is 325 g/mol. The molecule has 0 amide bonds. The van der Waals surface area contributed by atoms with Crippen molar-refractivity contribution < 1.29 is 0 Å². The zero-order valence-electron chi connectivity index (χ0n) is 12.6. The van der Waals surface area contributed by atoms with E-state index in [0.29, 0.717) is 0 Å². The number of hydrogen-bond acceptors (Lipinski definition) is 0. The van der Waals surface area contributed by atoms with Gasteiger partial charge in [0, 0.05) is 14.8 Å². The molecule has 2 heteroatoms. The van der Waals surface area contributed by atoms with Crippen LogP contribution in [-0.2, 0) is 0 Å². The van der Waals surface area contributed by atoms with Crippen LogP contribution in [0.1, 0.15) is 0 Å². The van der Waals surface area contributed by atoms with Gasteiger partial charge in [-0.15, -0.1) is 0 Å². The Hall–Kier alpha value is -1.70. The molecule has 22 heavy (non-hydrogen) atoms. The monoisotopic (exact) mass is 324 g/mol. The number of rotatable bonds is 1. The van der Waals surface area contributed by atoms with Crippen molar-refractivity contribution in [3.8, 4) is 22.3 Å². The zero-order chi connectivity index (χ0) is 15.3. The molecule has 0 atom stereocenters. The minimum absolute atomic E-state index is 0.779. The second-order valence-electron chi connectivity index (χ2n) is 6.04. The van der Waals surface area contributed by atoms with Gasteiger partial charge in [0.15, 0.2) is 0 Å². The lowest BCUT2D eigenvalue weighted by atomic mass is 9.99. The fourth-order valence-electron chi connectivity index (χ4n) is 3.26. The normalized spacial score (nSPS) is 16.0. The Balaban J connectivity index is 1.92. The molecule has 110 valence electrons. The molecule has 0 saturated heterocycles. The molecule has 0 bridgehead atoms. The molecule has 0 aliphatic carbocycles. The van der Waals surface area contributed by atoms with Gasteiger partial charge in [0.05, 0.1) is 0 Å². The summed E-state index contributed by atoms with van der Waals surface area (Å²) in [4.78, 5) is 2.99. The van der Waals surface area contributed by atoms with Crippen molar-refractivity contribution in [2.75, 3.05) is 12.5 Å². The molecule has 1 heterocycles. The van der Waals surface area contributed by atoms with Crippen LogP contribution in [0.5, 0.6) is 0 Å². The molecule has 0 fully saturated rings. The smallest absolute Gasteiger partial charge is 0.0406 e. The Morgan fingerprint density at radius 2 is 1.32 bits per heavy atom. The molecular formula is C20H17ClS. The minimum atomic E-state index is -0.892. The number of hydrogen-bond donors (Lipinski definition) is 0. The molecule has 4 rings (SSSR count). The van der Waals surface area contributed by atoms with Gasteiger partial charge in [0.2, 0.25) is 0 Å². The molecule has 3 aromatic rings. The van der Waals surface area contributed by atoms with Crippen LogP contribution in [0, 0.1) is 0 Å². The van der Waals surface area contributed by atoms with E-state index in [9.17, 15) is 0 Å². The highest BCUT2D eigenvalue weighted by atomic mass is 35.5. The highest BCUT2D eigenvalue weighted by Gasteiger charge is 2.31. The SMILES string of the molecule is CS1(C)c2ccccc2-c2cc(-c3ccc(Cl)cc3)ccc21. The van der Waals surface area contributed by atoms with Gasteiger partial charge in [0.25, 0.3) is 0 Å². The first-order valence-electron chi connectivity index (χ1n) is 7.30. The summed E-state index contributed by atoms with van der Waals surface area (Å²) in [6.45, 7) is 0. The summed E-state index contributed by atoms with van der Waals surface area (Å²) in [5.41, 5.74) is 5.25. The molecule has 1 aliphatic heterocycles. The Morgan fingerprint density at radius 1 is 0.682 bits per heavy atom. The number of halogens is 1. The van der Waals surface area contributed by atoms with Crippen molar-refractivity contribution >= 4 is 21.6 Å². The lowest BCUT2D eigenvalue weighted by Gasteiger charge is -2.28. The number of benzene rings is 3. The predicted octanol–water partition coefficient (Wildman–Crippen LogP) is 6.47. The zero-order valence-corrected chi connectivity index (χ0v) is 14.2. The summed E-state index contributed by atoms with van der Waals surface area (Å²) in [6.07, 6.45) is 4.78. The second kappa shape index (κ2) is 4.91. The molecule has 0 saturated carbocycles. The Kier molecular flexibility index (Phi) is 3.11. The fraction of sp³-hybridized carbons (Fsp3) is 0.100. The molecular weight excluding hydrogens is 308 g/mol. The summed E-state index contributed by atoms with van der Waals surface area (Å²) in [7, 11) is -0.892. The highest BCUT2D eigenvalue weighted by Crippen LogP contribution is 2.67. The van der Waals surface area contributed by atoms with Gasteiger partial charge < -0.3 is 0 Å². The molecule has 3 aromatic carbocycles. The van der Waals surface area contributed by atoms with E-state index in [-0.39, 0.29) is 0 Å². The summed E-state index contributed by atoms with van der Waals surface area (Å²) in [5, 5.41) is 0.779. The molecule has 0 nitrogen and oxygen atoms in total. The second-order valence-corrected chi connectivity index (χ2v) is 10.0. The van der Waals surface area contributed by atoms with E-state index < -0.39 is 10.0 Å². The van der Waals surface area contributed by atoms with Gasteiger partial charge in [0.1, 0.15) is 0 Å². The quantitative estimate of drug-likeness (QED) is 0.481. The van der Waals surface area contributed by atoms with Crippen LogP contribution < -0.4 is 0 Å². The van der Waals surface area contributed by atoms with Gasteiger partial charge in [-0.25, -0.2) is 0 Å². The maximum Gasteiger partial charge on any atom is 0.0406 e. The third-order valence-corrected chi connectivity index (χ3v) is 7.60. The van der Waals surface area contributed by atoms with Gasteiger partial charge in [-0.3, -0.25) is 0 Å². The van der Waals surface area contributed by atoms with E-state index in [4.69, 9.17) is 11.6 Å². The van der Waals surface area contributed by atoms with Crippen LogP contribution in [-0.4, -0.2) is 12.5 Å². The Bertz CT molecular complexity index is 863. The summed E-state index contributed by atoms with van der Waals surface area (Å²) < 4.78 is 0. The highest BCUT2D eigenvalue weighted by molar-refractivity contribution is 8.33. The van der Waals surface area contributed by atoms with Gasteiger partial charge >= 0.3 is 0 Å². The van der Waals surface area contributed by atoms with Crippen molar-refractivity contribution in [1.82, 2.24) is 0 Å². The molecule has 0 aromatic heterocycles. The van der Waals surface area contributed by atoms with Crippen molar-refractivity contribution in [2.45, 2.75) is 9.79 Å². The maximum absolute atomic E-state index is 6.00. The lowest BCUT2D eigenvalue weighted by Crippen LogP contribution is -1.92. The van der Waals surface area contributed by atoms with E-state index in [1.807, 2.05) is 12.1 Å². The molecule has 0 unspecified atom stereocenters. The number of fused-ring (bicyclic) bond motifs is 3. The van der Waals surface area contributed by atoms with Crippen LogP contribution >= 0.6 is 21.6 Å². The summed E-state index contributed by atoms with van der Waals surface area (Å²) in [6, 6.07) is 23.8. The summed E-state index contributed by atoms with van der Waals surface area (Å²) in [5.74, 6) is 0. The van der Waals surface area contributed by atoms with Crippen molar-refractivity contribution in [2.24, 2.45) is 0 Å².